The largest absolute Gasteiger partial charge is 0.241 e. The molecule has 0 saturated heterocycles. The Balaban J connectivity index is 2.03. The highest BCUT2D eigenvalue weighted by Crippen LogP contribution is 2.26. The molecule has 2 heterocycles. The number of hydrogen-bond donors (Lipinski definition) is 0. The standard InChI is InChI=1S/C30H42N4/c1-19(2)27-14-15-28(20(3)4)33(27)31-23(9)25-12-11-13-26(18-25)24(10)32-34-29(21(5)6)16-17-30(34)22(7)8/h11-22H,1-10H3. The Morgan fingerprint density at radius 1 is 0.529 bits per heavy atom. The molecule has 0 aliphatic carbocycles. The third-order valence-electron chi connectivity index (χ3n) is 6.39. The van der Waals surface area contributed by atoms with E-state index in [1.165, 1.54) is 22.8 Å². The van der Waals surface area contributed by atoms with Gasteiger partial charge >= 0.3 is 0 Å². The lowest BCUT2D eigenvalue weighted by molar-refractivity contribution is 0.665. The van der Waals surface area contributed by atoms with Crippen LogP contribution in [0.5, 0.6) is 0 Å². The zero-order valence-corrected chi connectivity index (χ0v) is 22.7. The van der Waals surface area contributed by atoms with E-state index in [1.54, 1.807) is 0 Å². The second-order valence-corrected chi connectivity index (χ2v) is 10.6. The summed E-state index contributed by atoms with van der Waals surface area (Å²) in [6.45, 7) is 22.0. The average molecular weight is 459 g/mol. The van der Waals surface area contributed by atoms with Crippen LogP contribution in [0.3, 0.4) is 0 Å². The SMILES string of the molecule is CC(=Nn1c(C(C)C)ccc1C(C)C)c1cccc(C(C)=Nn2c(C(C)C)ccc2C(C)C)c1. The molecular formula is C30H42N4. The molecule has 0 unspecified atom stereocenters. The number of nitrogens with zero attached hydrogens (tertiary/aromatic N) is 4. The minimum Gasteiger partial charge on any atom is -0.241 e. The van der Waals surface area contributed by atoms with Crippen LogP contribution in [0, 0.1) is 0 Å². The van der Waals surface area contributed by atoms with Gasteiger partial charge < -0.3 is 0 Å². The third kappa shape index (κ3) is 5.43. The summed E-state index contributed by atoms with van der Waals surface area (Å²) in [5, 5.41) is 10.1. The molecule has 0 saturated carbocycles. The first-order valence-electron chi connectivity index (χ1n) is 12.7. The summed E-state index contributed by atoms with van der Waals surface area (Å²) >= 11 is 0. The van der Waals surface area contributed by atoms with Gasteiger partial charge in [0.1, 0.15) is 0 Å². The quantitative estimate of drug-likeness (QED) is 0.304. The first kappa shape index (κ1) is 25.7. The monoisotopic (exact) mass is 458 g/mol. The molecule has 0 fully saturated rings. The van der Waals surface area contributed by atoms with Crippen molar-refractivity contribution in [1.82, 2.24) is 9.35 Å². The summed E-state index contributed by atoms with van der Waals surface area (Å²) in [7, 11) is 0. The van der Waals surface area contributed by atoms with Crippen molar-refractivity contribution >= 4 is 11.4 Å². The Kier molecular flexibility index (Phi) is 8.01. The first-order valence-corrected chi connectivity index (χ1v) is 12.7. The zero-order chi connectivity index (χ0) is 25.2. The van der Waals surface area contributed by atoms with E-state index < -0.39 is 0 Å². The minimum atomic E-state index is 0.414. The molecule has 0 atom stereocenters. The molecule has 0 spiro atoms. The summed E-state index contributed by atoms with van der Waals surface area (Å²) in [4.78, 5) is 0. The van der Waals surface area contributed by atoms with Crippen LogP contribution in [0.4, 0.5) is 0 Å². The van der Waals surface area contributed by atoms with Gasteiger partial charge in [-0.3, -0.25) is 0 Å². The van der Waals surface area contributed by atoms with Gasteiger partial charge in [-0.1, -0.05) is 73.6 Å². The summed E-state index contributed by atoms with van der Waals surface area (Å²) < 4.78 is 4.28. The summed E-state index contributed by atoms with van der Waals surface area (Å²) in [5.41, 5.74) is 9.21. The Labute approximate surface area is 206 Å². The van der Waals surface area contributed by atoms with Gasteiger partial charge in [0.05, 0.1) is 11.4 Å². The molecule has 0 aliphatic heterocycles. The van der Waals surface area contributed by atoms with Crippen molar-refractivity contribution in [3.8, 4) is 0 Å². The summed E-state index contributed by atoms with van der Waals surface area (Å²) in [5.74, 6) is 1.65. The van der Waals surface area contributed by atoms with Crippen molar-refractivity contribution in [2.75, 3.05) is 0 Å². The summed E-state index contributed by atoms with van der Waals surface area (Å²) in [6, 6.07) is 17.4. The Bertz CT molecular complexity index is 1040. The number of benzene rings is 1. The van der Waals surface area contributed by atoms with Crippen LogP contribution in [0.15, 0.2) is 58.7 Å². The van der Waals surface area contributed by atoms with Crippen LogP contribution in [-0.4, -0.2) is 20.8 Å². The van der Waals surface area contributed by atoms with E-state index in [0.29, 0.717) is 23.7 Å². The molecule has 0 aliphatic rings. The average Bonchev–Trinajstić information content (AvgIpc) is 3.38. The van der Waals surface area contributed by atoms with E-state index in [2.05, 4.69) is 127 Å². The Morgan fingerprint density at radius 3 is 1.09 bits per heavy atom. The minimum absolute atomic E-state index is 0.414. The van der Waals surface area contributed by atoms with Crippen LogP contribution in [0.2, 0.25) is 0 Å². The molecule has 0 N–H and O–H groups in total. The van der Waals surface area contributed by atoms with Gasteiger partial charge in [-0.05, 0) is 79.0 Å². The van der Waals surface area contributed by atoms with Gasteiger partial charge in [0, 0.05) is 22.8 Å². The number of aromatic nitrogens is 2. The number of rotatable bonds is 8. The molecule has 3 rings (SSSR count). The molecule has 4 heteroatoms. The molecule has 0 bridgehead atoms. The van der Waals surface area contributed by atoms with E-state index in [4.69, 9.17) is 10.2 Å². The van der Waals surface area contributed by atoms with Gasteiger partial charge in [0.15, 0.2) is 0 Å². The highest BCUT2D eigenvalue weighted by atomic mass is 15.4. The number of hydrogen-bond acceptors (Lipinski definition) is 2. The van der Waals surface area contributed by atoms with Crippen molar-refractivity contribution in [3.63, 3.8) is 0 Å². The van der Waals surface area contributed by atoms with Crippen molar-refractivity contribution in [2.45, 2.75) is 92.9 Å². The topological polar surface area (TPSA) is 34.6 Å². The lowest BCUT2D eigenvalue weighted by Crippen LogP contribution is -2.10. The molecular weight excluding hydrogens is 416 g/mol. The van der Waals surface area contributed by atoms with E-state index in [9.17, 15) is 0 Å². The fraction of sp³-hybridized carbons (Fsp3) is 0.467. The Hall–Kier alpha value is -2.88. The molecule has 0 radical (unpaired) electrons. The highest BCUT2D eigenvalue weighted by molar-refractivity contribution is 6.03. The highest BCUT2D eigenvalue weighted by Gasteiger charge is 2.15. The molecule has 0 amide bonds. The second-order valence-electron chi connectivity index (χ2n) is 10.6. The maximum absolute atomic E-state index is 5.07. The molecule has 2 aromatic heterocycles. The Morgan fingerprint density at radius 2 is 0.824 bits per heavy atom. The van der Waals surface area contributed by atoms with Crippen LogP contribution in [-0.2, 0) is 0 Å². The molecule has 34 heavy (non-hydrogen) atoms. The fourth-order valence-electron chi connectivity index (χ4n) is 4.29. The van der Waals surface area contributed by atoms with Gasteiger partial charge in [0.2, 0.25) is 0 Å². The van der Waals surface area contributed by atoms with Crippen LogP contribution >= 0.6 is 0 Å². The maximum atomic E-state index is 5.07. The molecule has 3 aromatic rings. The van der Waals surface area contributed by atoms with Gasteiger partial charge in [0.25, 0.3) is 0 Å². The van der Waals surface area contributed by atoms with Crippen LogP contribution in [0.25, 0.3) is 0 Å². The van der Waals surface area contributed by atoms with Crippen molar-refractivity contribution in [2.24, 2.45) is 10.2 Å². The molecule has 182 valence electrons. The van der Waals surface area contributed by atoms with Crippen LogP contribution < -0.4 is 0 Å². The summed E-state index contributed by atoms with van der Waals surface area (Å²) in [6.07, 6.45) is 0. The molecule has 1 aromatic carbocycles. The predicted molar refractivity (Wildman–Crippen MR) is 147 cm³/mol. The van der Waals surface area contributed by atoms with E-state index in [0.717, 1.165) is 22.6 Å². The van der Waals surface area contributed by atoms with Crippen molar-refractivity contribution < 1.29 is 0 Å². The van der Waals surface area contributed by atoms with E-state index >= 15 is 0 Å². The zero-order valence-electron chi connectivity index (χ0n) is 22.7. The third-order valence-corrected chi connectivity index (χ3v) is 6.39. The van der Waals surface area contributed by atoms with E-state index in [-0.39, 0.29) is 0 Å². The molecule has 4 nitrogen and oxygen atoms in total. The van der Waals surface area contributed by atoms with Gasteiger partial charge in [-0.15, -0.1) is 0 Å². The fourth-order valence-corrected chi connectivity index (χ4v) is 4.29. The smallest absolute Gasteiger partial charge is 0.0655 e. The van der Waals surface area contributed by atoms with Gasteiger partial charge in [-0.25, -0.2) is 9.35 Å². The van der Waals surface area contributed by atoms with Crippen molar-refractivity contribution in [1.29, 1.82) is 0 Å². The lowest BCUT2D eigenvalue weighted by atomic mass is 10.0. The van der Waals surface area contributed by atoms with Crippen LogP contribution in [0.1, 0.15) is 127 Å². The van der Waals surface area contributed by atoms with Gasteiger partial charge in [-0.2, -0.15) is 10.2 Å². The lowest BCUT2D eigenvalue weighted by Gasteiger charge is -2.15. The maximum Gasteiger partial charge on any atom is 0.0655 e. The van der Waals surface area contributed by atoms with E-state index in [1.807, 2.05) is 0 Å². The van der Waals surface area contributed by atoms with Crippen molar-refractivity contribution in [3.05, 3.63) is 82.4 Å². The predicted octanol–water partition coefficient (Wildman–Crippen LogP) is 8.33. The second kappa shape index (κ2) is 10.6. The first-order chi connectivity index (χ1) is 16.0. The normalized spacial score (nSPS) is 13.2.